The summed E-state index contributed by atoms with van der Waals surface area (Å²) in [7, 11) is 0. The summed E-state index contributed by atoms with van der Waals surface area (Å²) in [5, 5.41) is 10.4. The second-order valence-electron chi connectivity index (χ2n) is 12.5. The normalized spacial score (nSPS) is 19.0. The molecule has 0 aromatic heterocycles. The molecule has 2 atom stereocenters. The van der Waals surface area contributed by atoms with Gasteiger partial charge in [0.05, 0.1) is 12.6 Å². The van der Waals surface area contributed by atoms with E-state index in [1.165, 1.54) is 6.07 Å². The van der Waals surface area contributed by atoms with Gasteiger partial charge in [0.25, 0.3) is 5.91 Å². The number of esters is 1. The van der Waals surface area contributed by atoms with Crippen LogP contribution in [-0.4, -0.2) is 102 Å². The second kappa shape index (κ2) is 16.2. The maximum Gasteiger partial charge on any atom is 0.305 e. The van der Waals surface area contributed by atoms with Crippen LogP contribution in [0.2, 0.25) is 0 Å². The molecule has 2 saturated heterocycles. The molecule has 46 heavy (non-hydrogen) atoms. The maximum absolute atomic E-state index is 13.8. The Bertz CT molecular complexity index is 1470. The van der Waals surface area contributed by atoms with Crippen molar-refractivity contribution in [3.8, 4) is 5.75 Å². The highest BCUT2D eigenvalue weighted by Crippen LogP contribution is 2.34. The monoisotopic (exact) mass is 630 g/mol. The van der Waals surface area contributed by atoms with Crippen LogP contribution in [0.15, 0.2) is 72.8 Å². The molecule has 3 aromatic rings. The summed E-state index contributed by atoms with van der Waals surface area (Å²) in [4.78, 5) is 34.6. The van der Waals surface area contributed by atoms with Crippen LogP contribution in [0.4, 0.5) is 4.39 Å². The van der Waals surface area contributed by atoms with E-state index in [0.29, 0.717) is 38.2 Å². The van der Waals surface area contributed by atoms with Gasteiger partial charge in [-0.1, -0.05) is 36.4 Å². The second-order valence-corrected chi connectivity index (χ2v) is 12.5. The van der Waals surface area contributed by atoms with Crippen molar-refractivity contribution in [3.63, 3.8) is 0 Å². The van der Waals surface area contributed by atoms with Gasteiger partial charge < -0.3 is 19.6 Å². The fourth-order valence-corrected chi connectivity index (χ4v) is 6.84. The molecule has 0 spiro atoms. The van der Waals surface area contributed by atoms with E-state index < -0.39 is 0 Å². The quantitative estimate of drug-likeness (QED) is 0.288. The van der Waals surface area contributed by atoms with Crippen molar-refractivity contribution in [2.75, 3.05) is 59.0 Å². The topological polar surface area (TPSA) is 76.6 Å². The summed E-state index contributed by atoms with van der Waals surface area (Å²) in [5.41, 5.74) is 3.61. The minimum absolute atomic E-state index is 0.0258. The Morgan fingerprint density at radius 3 is 2.43 bits per heavy atom. The van der Waals surface area contributed by atoms with Crippen molar-refractivity contribution in [2.24, 2.45) is 0 Å². The number of aromatic hydroxyl groups is 1. The number of hydrogen-bond donors (Lipinski definition) is 1. The summed E-state index contributed by atoms with van der Waals surface area (Å²) in [6.07, 6.45) is 2.05. The largest absolute Gasteiger partial charge is 0.508 e. The molecule has 1 amide bonds. The molecule has 0 radical (unpaired) electrons. The van der Waals surface area contributed by atoms with Crippen molar-refractivity contribution in [1.29, 1.82) is 0 Å². The number of amides is 1. The maximum atomic E-state index is 13.8. The molecule has 5 rings (SSSR count). The Morgan fingerprint density at radius 1 is 0.913 bits per heavy atom. The van der Waals surface area contributed by atoms with E-state index in [4.69, 9.17) is 4.74 Å². The van der Waals surface area contributed by atoms with E-state index >= 15 is 0 Å². The SMILES string of the molecule is CCOC(=O)CCCN1CCCN(C(=O)c2cccc(C(c3cccc(O)c3)N3CCN(Cc4cccc(F)c4)CC3C)c2)CC1. The van der Waals surface area contributed by atoms with E-state index in [1.54, 1.807) is 18.2 Å². The van der Waals surface area contributed by atoms with Crippen molar-refractivity contribution < 1.29 is 23.8 Å². The Morgan fingerprint density at radius 2 is 1.67 bits per heavy atom. The third-order valence-electron chi connectivity index (χ3n) is 9.06. The number of rotatable bonds is 11. The van der Waals surface area contributed by atoms with Crippen molar-refractivity contribution in [3.05, 3.63) is 101 Å². The van der Waals surface area contributed by atoms with Gasteiger partial charge in [-0.25, -0.2) is 4.39 Å². The highest BCUT2D eigenvalue weighted by atomic mass is 19.1. The number of halogens is 1. The zero-order valence-corrected chi connectivity index (χ0v) is 27.1. The van der Waals surface area contributed by atoms with Gasteiger partial charge in [-0.05, 0) is 92.9 Å². The molecule has 2 fully saturated rings. The van der Waals surface area contributed by atoms with Gasteiger partial charge in [-0.3, -0.25) is 19.4 Å². The lowest BCUT2D eigenvalue weighted by atomic mass is 9.93. The van der Waals surface area contributed by atoms with Gasteiger partial charge in [0.15, 0.2) is 0 Å². The molecule has 3 aromatic carbocycles. The number of ether oxygens (including phenoxy) is 1. The van der Waals surface area contributed by atoms with Crippen LogP contribution >= 0.6 is 0 Å². The van der Waals surface area contributed by atoms with Crippen LogP contribution in [-0.2, 0) is 16.1 Å². The van der Waals surface area contributed by atoms with Crippen LogP contribution in [0.1, 0.15) is 66.2 Å². The molecule has 0 bridgehead atoms. The molecule has 2 heterocycles. The lowest BCUT2D eigenvalue weighted by Gasteiger charge is -2.44. The predicted molar refractivity (Wildman–Crippen MR) is 177 cm³/mol. The first kappa shape index (κ1) is 33.6. The Kier molecular flexibility index (Phi) is 11.8. The lowest BCUT2D eigenvalue weighted by Crippen LogP contribution is -2.52. The fourth-order valence-electron chi connectivity index (χ4n) is 6.84. The number of hydrogen-bond acceptors (Lipinski definition) is 7. The highest BCUT2D eigenvalue weighted by Gasteiger charge is 2.32. The van der Waals surface area contributed by atoms with Gasteiger partial charge in [-0.15, -0.1) is 0 Å². The Labute approximate surface area is 272 Å². The minimum Gasteiger partial charge on any atom is -0.508 e. The van der Waals surface area contributed by atoms with Crippen LogP contribution < -0.4 is 0 Å². The zero-order valence-electron chi connectivity index (χ0n) is 27.1. The van der Waals surface area contributed by atoms with E-state index in [0.717, 1.165) is 68.8 Å². The number of benzene rings is 3. The first-order chi connectivity index (χ1) is 22.3. The molecular weight excluding hydrogens is 583 g/mol. The van der Waals surface area contributed by atoms with Gasteiger partial charge in [0.2, 0.25) is 0 Å². The van der Waals surface area contributed by atoms with Crippen molar-refractivity contribution >= 4 is 11.9 Å². The molecule has 2 unspecified atom stereocenters. The summed E-state index contributed by atoms with van der Waals surface area (Å²) in [5.74, 6) is -0.134. The first-order valence-corrected chi connectivity index (χ1v) is 16.6. The molecule has 2 aliphatic rings. The summed E-state index contributed by atoms with van der Waals surface area (Å²) in [6, 6.07) is 22.2. The van der Waals surface area contributed by atoms with Crippen LogP contribution in [0, 0.1) is 5.82 Å². The standard InChI is InChI=1S/C37H47FN4O4/c1-3-46-35(44)15-7-16-39-17-8-18-41(21-19-39)37(45)32-12-5-10-30(24-32)36(31-11-6-14-34(43)25-31)42-22-20-40(26-28(42)2)27-29-9-4-13-33(38)23-29/h4-6,9-14,23-25,28,36,43H,3,7-8,15-22,26-27H2,1-2H3. The summed E-state index contributed by atoms with van der Waals surface area (Å²) in [6.45, 7) is 11.4. The van der Waals surface area contributed by atoms with Gasteiger partial charge >= 0.3 is 5.97 Å². The summed E-state index contributed by atoms with van der Waals surface area (Å²) >= 11 is 0. The van der Waals surface area contributed by atoms with E-state index in [-0.39, 0.29) is 35.5 Å². The number of phenolic OH excluding ortho intramolecular Hbond substituents is 1. The number of nitrogens with zero attached hydrogens (tertiary/aromatic N) is 4. The first-order valence-electron chi connectivity index (χ1n) is 16.6. The van der Waals surface area contributed by atoms with Crippen LogP contribution in [0.3, 0.4) is 0 Å². The molecule has 9 heteroatoms. The third kappa shape index (κ3) is 8.93. The fraction of sp³-hybridized carbons (Fsp3) is 0.459. The molecule has 1 N–H and O–H groups in total. The van der Waals surface area contributed by atoms with E-state index in [1.807, 2.05) is 54.3 Å². The number of carbonyl (C=O) groups excluding carboxylic acids is 2. The smallest absolute Gasteiger partial charge is 0.305 e. The lowest BCUT2D eigenvalue weighted by molar-refractivity contribution is -0.143. The van der Waals surface area contributed by atoms with E-state index in [2.05, 4.69) is 27.7 Å². The zero-order chi connectivity index (χ0) is 32.5. The van der Waals surface area contributed by atoms with Crippen molar-refractivity contribution in [2.45, 2.75) is 51.7 Å². The molecule has 8 nitrogen and oxygen atoms in total. The molecule has 2 aliphatic heterocycles. The molecule has 0 aliphatic carbocycles. The third-order valence-corrected chi connectivity index (χ3v) is 9.06. The minimum atomic E-state index is -0.217. The number of carbonyl (C=O) groups is 2. The van der Waals surface area contributed by atoms with Gasteiger partial charge in [0.1, 0.15) is 11.6 Å². The van der Waals surface area contributed by atoms with Gasteiger partial charge in [0, 0.05) is 63.8 Å². The average molecular weight is 631 g/mol. The Hall–Kier alpha value is -3.79. The molecular formula is C37H47FN4O4. The number of piperazine rings is 1. The Balaban J connectivity index is 1.28. The van der Waals surface area contributed by atoms with E-state index in [9.17, 15) is 19.1 Å². The number of phenols is 1. The molecule has 0 saturated carbocycles. The molecule has 246 valence electrons. The predicted octanol–water partition coefficient (Wildman–Crippen LogP) is 5.32. The van der Waals surface area contributed by atoms with Crippen molar-refractivity contribution in [1.82, 2.24) is 19.6 Å². The van der Waals surface area contributed by atoms with Crippen LogP contribution in [0.25, 0.3) is 0 Å². The van der Waals surface area contributed by atoms with Crippen LogP contribution in [0.5, 0.6) is 5.75 Å². The summed E-state index contributed by atoms with van der Waals surface area (Å²) < 4.78 is 18.9. The highest BCUT2D eigenvalue weighted by molar-refractivity contribution is 5.94. The van der Waals surface area contributed by atoms with Gasteiger partial charge in [-0.2, -0.15) is 0 Å². The average Bonchev–Trinajstić information content (AvgIpc) is 3.28.